The van der Waals surface area contributed by atoms with E-state index in [9.17, 15) is 9.18 Å². The highest BCUT2D eigenvalue weighted by molar-refractivity contribution is 5.97. The van der Waals surface area contributed by atoms with Gasteiger partial charge in [0.2, 0.25) is 0 Å². The Hall–Kier alpha value is -4.32. The third-order valence-corrected chi connectivity index (χ3v) is 8.84. The summed E-state index contributed by atoms with van der Waals surface area (Å²) in [5.74, 6) is 0.709. The molecule has 6 rings (SSSR count). The van der Waals surface area contributed by atoms with Crippen LogP contribution in [0.2, 0.25) is 0 Å². The molecule has 0 radical (unpaired) electrons. The summed E-state index contributed by atoms with van der Waals surface area (Å²) in [5, 5.41) is 3.42. The van der Waals surface area contributed by atoms with Gasteiger partial charge in [-0.2, -0.15) is 0 Å². The summed E-state index contributed by atoms with van der Waals surface area (Å²) < 4.78 is 26.7. The minimum Gasteiger partial charge on any atom is -0.456 e. The summed E-state index contributed by atoms with van der Waals surface area (Å²) in [6.07, 6.45) is 8.42. The molecule has 1 atom stereocenters. The molecule has 2 heterocycles. The number of nitrogens with zero attached hydrogens (tertiary/aromatic N) is 1. The van der Waals surface area contributed by atoms with Gasteiger partial charge < -0.3 is 19.7 Å². The lowest BCUT2D eigenvalue weighted by atomic mass is 9.77. The zero-order chi connectivity index (χ0) is 30.7. The summed E-state index contributed by atoms with van der Waals surface area (Å²) in [6, 6.07) is 24.2. The number of halogens is 1. The van der Waals surface area contributed by atoms with Crippen LogP contribution in [0.1, 0.15) is 91.4 Å². The van der Waals surface area contributed by atoms with Gasteiger partial charge in [0.25, 0.3) is 0 Å². The Morgan fingerprint density at radius 1 is 0.773 bits per heavy atom. The Labute approximate surface area is 260 Å². The number of aryl methyl sites for hydroxylation is 1. The van der Waals surface area contributed by atoms with E-state index in [-0.39, 0.29) is 11.8 Å². The van der Waals surface area contributed by atoms with Gasteiger partial charge >= 0.3 is 5.97 Å². The maximum absolute atomic E-state index is 13.6. The van der Waals surface area contributed by atoms with Gasteiger partial charge in [0, 0.05) is 52.9 Å². The Morgan fingerprint density at radius 2 is 1.50 bits per heavy atom. The van der Waals surface area contributed by atoms with Gasteiger partial charge in [-0.25, -0.2) is 9.18 Å². The summed E-state index contributed by atoms with van der Waals surface area (Å²) in [5.41, 5.74) is 5.43. The van der Waals surface area contributed by atoms with Gasteiger partial charge in [-0.3, -0.25) is 0 Å². The van der Waals surface area contributed by atoms with Crippen LogP contribution < -0.4 is 15.0 Å². The molecule has 1 spiro atoms. The maximum atomic E-state index is 13.6. The van der Waals surface area contributed by atoms with Crippen LogP contribution in [0.15, 0.2) is 78.9 Å². The summed E-state index contributed by atoms with van der Waals surface area (Å²) >= 11 is 0. The molecule has 5 nitrogen and oxygen atoms in total. The van der Waals surface area contributed by atoms with Gasteiger partial charge in [-0.15, -0.1) is 0 Å². The molecule has 0 aromatic heterocycles. The number of fused-ring (bicyclic) bond motifs is 6. The van der Waals surface area contributed by atoms with Crippen LogP contribution >= 0.6 is 0 Å². The molecule has 2 aliphatic rings. The third-order valence-electron chi connectivity index (χ3n) is 8.84. The van der Waals surface area contributed by atoms with E-state index in [1.54, 1.807) is 12.1 Å². The second kappa shape index (κ2) is 12.7. The summed E-state index contributed by atoms with van der Waals surface area (Å²) in [7, 11) is 0. The molecule has 2 aliphatic heterocycles. The molecule has 0 saturated heterocycles. The quantitative estimate of drug-likeness (QED) is 0.131. The predicted octanol–water partition coefficient (Wildman–Crippen LogP) is 10.0. The molecule has 4 aromatic carbocycles. The number of hydrogen-bond acceptors (Lipinski definition) is 5. The van der Waals surface area contributed by atoms with Crippen molar-refractivity contribution >= 4 is 23.0 Å². The van der Waals surface area contributed by atoms with E-state index in [2.05, 4.69) is 42.3 Å². The number of hydrogen-bond donors (Lipinski definition) is 1. The lowest BCUT2D eigenvalue weighted by molar-refractivity contribution is 0.0224. The molecule has 0 fully saturated rings. The van der Waals surface area contributed by atoms with Crippen molar-refractivity contribution < 1.29 is 18.7 Å². The Bertz CT molecular complexity index is 1650. The topological polar surface area (TPSA) is 50.8 Å². The summed E-state index contributed by atoms with van der Waals surface area (Å²) in [6.45, 7) is 8.47. The third kappa shape index (κ3) is 5.54. The standard InChI is InChI=1S/C38H41FN2O3/c1-4-6-8-9-12-22-41(21-7-5-2)29-19-20-32-36(24-29)43-35-23-26(3)34(40-28-17-15-27(39)16-18-28)25-33(35)38(32)31-14-11-10-13-30(31)37(42)44-38/h10-11,13-20,23-25,40H,4-9,12,21-22H2,1-3H3. The molecule has 4 aromatic rings. The van der Waals surface area contributed by atoms with Crippen LogP contribution in [-0.4, -0.2) is 19.1 Å². The number of nitrogens with one attached hydrogen (secondary N) is 1. The van der Waals surface area contributed by atoms with Crippen LogP contribution in [0.3, 0.4) is 0 Å². The predicted molar refractivity (Wildman–Crippen MR) is 175 cm³/mol. The molecule has 1 unspecified atom stereocenters. The lowest BCUT2D eigenvalue weighted by Crippen LogP contribution is -2.33. The Morgan fingerprint density at radius 3 is 2.30 bits per heavy atom. The van der Waals surface area contributed by atoms with Gasteiger partial charge in [0.05, 0.1) is 5.56 Å². The number of ether oxygens (including phenoxy) is 2. The van der Waals surface area contributed by atoms with Crippen molar-refractivity contribution in [3.63, 3.8) is 0 Å². The van der Waals surface area contributed by atoms with Crippen LogP contribution in [0, 0.1) is 12.7 Å². The Kier molecular flexibility index (Phi) is 8.60. The van der Waals surface area contributed by atoms with E-state index in [1.807, 2.05) is 43.3 Å². The van der Waals surface area contributed by atoms with Gasteiger partial charge in [-0.05, 0) is 79.9 Å². The normalized spacial score (nSPS) is 16.1. The minimum absolute atomic E-state index is 0.291. The summed E-state index contributed by atoms with van der Waals surface area (Å²) in [4.78, 5) is 15.9. The molecular weight excluding hydrogens is 551 g/mol. The highest BCUT2D eigenvalue weighted by Gasteiger charge is 2.53. The van der Waals surface area contributed by atoms with E-state index in [4.69, 9.17) is 9.47 Å². The van der Waals surface area contributed by atoms with Crippen molar-refractivity contribution in [3.8, 4) is 11.5 Å². The highest BCUT2D eigenvalue weighted by Crippen LogP contribution is 2.57. The van der Waals surface area contributed by atoms with Crippen molar-refractivity contribution in [1.29, 1.82) is 0 Å². The molecule has 0 amide bonds. The number of esters is 1. The average molecular weight is 593 g/mol. The molecule has 6 heteroatoms. The highest BCUT2D eigenvalue weighted by atomic mass is 19.1. The molecule has 44 heavy (non-hydrogen) atoms. The number of carbonyl (C=O) groups excluding carboxylic acids is 1. The van der Waals surface area contributed by atoms with Crippen LogP contribution in [-0.2, 0) is 10.3 Å². The lowest BCUT2D eigenvalue weighted by Gasteiger charge is -2.38. The first-order valence-corrected chi connectivity index (χ1v) is 16.0. The second-order valence-electron chi connectivity index (χ2n) is 11.9. The first kappa shape index (κ1) is 29.7. The van der Waals surface area contributed by atoms with E-state index >= 15 is 0 Å². The first-order chi connectivity index (χ1) is 21.4. The fourth-order valence-electron chi connectivity index (χ4n) is 6.45. The van der Waals surface area contributed by atoms with Gasteiger partial charge in [0.15, 0.2) is 5.60 Å². The van der Waals surface area contributed by atoms with Crippen LogP contribution in [0.4, 0.5) is 21.5 Å². The molecular formula is C38H41FN2O3. The number of benzene rings is 4. The molecule has 0 aliphatic carbocycles. The maximum Gasteiger partial charge on any atom is 0.340 e. The number of unbranched alkanes of at least 4 members (excludes halogenated alkanes) is 5. The van der Waals surface area contributed by atoms with Crippen molar-refractivity contribution in [2.75, 3.05) is 23.3 Å². The smallest absolute Gasteiger partial charge is 0.340 e. The van der Waals surface area contributed by atoms with Crippen molar-refractivity contribution in [2.24, 2.45) is 0 Å². The van der Waals surface area contributed by atoms with E-state index in [0.29, 0.717) is 17.1 Å². The molecule has 0 saturated carbocycles. The fraction of sp³-hybridized carbons (Fsp3) is 0.342. The fourth-order valence-corrected chi connectivity index (χ4v) is 6.45. The minimum atomic E-state index is -1.16. The van der Waals surface area contributed by atoms with Gasteiger partial charge in [0.1, 0.15) is 17.3 Å². The van der Waals surface area contributed by atoms with E-state index < -0.39 is 5.60 Å². The Balaban J connectivity index is 1.43. The van der Waals surface area contributed by atoms with Gasteiger partial charge in [-0.1, -0.05) is 64.2 Å². The zero-order valence-electron chi connectivity index (χ0n) is 25.9. The average Bonchev–Trinajstić information content (AvgIpc) is 3.32. The van der Waals surface area contributed by atoms with E-state index in [0.717, 1.165) is 71.7 Å². The van der Waals surface area contributed by atoms with Crippen molar-refractivity contribution in [2.45, 2.75) is 71.3 Å². The molecule has 1 N–H and O–H groups in total. The van der Waals surface area contributed by atoms with Crippen molar-refractivity contribution in [3.05, 3.63) is 112 Å². The first-order valence-electron chi connectivity index (χ1n) is 16.0. The zero-order valence-corrected chi connectivity index (χ0v) is 25.9. The number of carbonyl (C=O) groups is 1. The second-order valence-corrected chi connectivity index (χ2v) is 11.9. The van der Waals surface area contributed by atoms with Crippen LogP contribution in [0.25, 0.3) is 0 Å². The molecule has 228 valence electrons. The monoisotopic (exact) mass is 592 g/mol. The molecule has 0 bridgehead atoms. The van der Waals surface area contributed by atoms with E-state index in [1.165, 1.54) is 37.8 Å². The SMILES string of the molecule is CCCCCCCN(CCCC)c1ccc2c(c1)Oc1cc(C)c(Nc3ccc(F)cc3)cc1C21OC(=O)c2ccccc21. The largest absolute Gasteiger partial charge is 0.456 e. The number of rotatable bonds is 12. The van der Waals surface area contributed by atoms with Crippen molar-refractivity contribution in [1.82, 2.24) is 0 Å². The van der Waals surface area contributed by atoms with Crippen LogP contribution in [0.5, 0.6) is 11.5 Å². The number of anilines is 3.